The van der Waals surface area contributed by atoms with Crippen molar-refractivity contribution >= 4 is 0 Å². The van der Waals surface area contributed by atoms with E-state index in [4.69, 9.17) is 9.47 Å². The van der Waals surface area contributed by atoms with Crippen molar-refractivity contribution in [2.24, 2.45) is 0 Å². The second-order valence-electron chi connectivity index (χ2n) is 12.2. The molecule has 0 fully saturated rings. The van der Waals surface area contributed by atoms with Crippen LogP contribution in [0.3, 0.4) is 0 Å². The van der Waals surface area contributed by atoms with Crippen LogP contribution in [-0.2, 0) is 9.47 Å². The van der Waals surface area contributed by atoms with Crippen molar-refractivity contribution in [2.45, 2.75) is 220 Å². The second kappa shape index (κ2) is 34.9. The third-order valence-corrected chi connectivity index (χ3v) is 8.15. The highest BCUT2D eigenvalue weighted by Crippen LogP contribution is 2.16. The van der Waals surface area contributed by atoms with Gasteiger partial charge in [-0.1, -0.05) is 188 Å². The predicted octanol–water partition coefficient (Wildman–Crippen LogP) is 13.1. The lowest BCUT2D eigenvalue weighted by atomic mass is 10.1. The van der Waals surface area contributed by atoms with Crippen LogP contribution in [0.4, 0.5) is 0 Å². The summed E-state index contributed by atoms with van der Waals surface area (Å²) in [5.41, 5.74) is 0. The monoisotopic (exact) mass is 539 g/mol. The third-order valence-electron chi connectivity index (χ3n) is 8.15. The van der Waals surface area contributed by atoms with E-state index in [-0.39, 0.29) is 6.29 Å². The van der Waals surface area contributed by atoms with Gasteiger partial charge in [-0.2, -0.15) is 0 Å². The average molecular weight is 539 g/mol. The van der Waals surface area contributed by atoms with Gasteiger partial charge in [0.25, 0.3) is 0 Å². The van der Waals surface area contributed by atoms with E-state index >= 15 is 0 Å². The summed E-state index contributed by atoms with van der Waals surface area (Å²) >= 11 is 0. The van der Waals surface area contributed by atoms with E-state index < -0.39 is 0 Å². The Hall–Kier alpha value is -0.0800. The van der Waals surface area contributed by atoms with Gasteiger partial charge in [0.15, 0.2) is 6.29 Å². The molecular formula is C36H74O2. The van der Waals surface area contributed by atoms with Crippen molar-refractivity contribution in [3.05, 3.63) is 0 Å². The van der Waals surface area contributed by atoms with Crippen LogP contribution >= 0.6 is 0 Å². The van der Waals surface area contributed by atoms with E-state index in [0.717, 1.165) is 19.6 Å². The van der Waals surface area contributed by atoms with Crippen LogP contribution in [-0.4, -0.2) is 19.5 Å². The van der Waals surface area contributed by atoms with Crippen molar-refractivity contribution in [1.29, 1.82) is 0 Å². The average Bonchev–Trinajstić information content (AvgIpc) is 2.93. The molecule has 1 unspecified atom stereocenters. The van der Waals surface area contributed by atoms with Crippen LogP contribution in [0.15, 0.2) is 0 Å². The molecule has 0 aliphatic rings. The molecule has 1 atom stereocenters. The van der Waals surface area contributed by atoms with Gasteiger partial charge in [-0.05, 0) is 25.7 Å². The third kappa shape index (κ3) is 32.1. The summed E-state index contributed by atoms with van der Waals surface area (Å²) in [4.78, 5) is 0. The van der Waals surface area contributed by atoms with E-state index in [1.165, 1.54) is 186 Å². The molecule has 0 radical (unpaired) electrons. The maximum atomic E-state index is 6.26. The molecule has 0 aromatic heterocycles. The molecule has 230 valence electrons. The lowest BCUT2D eigenvalue weighted by Crippen LogP contribution is -2.19. The highest BCUT2D eigenvalue weighted by Gasteiger charge is 2.09. The van der Waals surface area contributed by atoms with Gasteiger partial charge in [0.1, 0.15) is 0 Å². The summed E-state index contributed by atoms with van der Waals surface area (Å²) in [6.45, 7) is 8.66. The Labute approximate surface area is 242 Å². The van der Waals surface area contributed by atoms with Gasteiger partial charge in [0.05, 0.1) is 0 Å². The highest BCUT2D eigenvalue weighted by molar-refractivity contribution is 4.54. The van der Waals surface area contributed by atoms with Crippen molar-refractivity contribution in [1.82, 2.24) is 0 Å². The Kier molecular flexibility index (Phi) is 34.9. The Morgan fingerprint density at radius 1 is 0.289 bits per heavy atom. The minimum Gasteiger partial charge on any atom is -0.353 e. The topological polar surface area (TPSA) is 18.5 Å². The van der Waals surface area contributed by atoms with E-state index in [9.17, 15) is 0 Å². The molecule has 0 saturated heterocycles. The lowest BCUT2D eigenvalue weighted by molar-refractivity contribution is -0.148. The second-order valence-corrected chi connectivity index (χ2v) is 12.2. The predicted molar refractivity (Wildman–Crippen MR) is 171 cm³/mol. The molecule has 0 N–H and O–H groups in total. The first-order valence-electron chi connectivity index (χ1n) is 18.1. The van der Waals surface area contributed by atoms with Gasteiger partial charge < -0.3 is 9.47 Å². The quantitative estimate of drug-likeness (QED) is 0.0599. The van der Waals surface area contributed by atoms with Gasteiger partial charge in [-0.15, -0.1) is 0 Å². The molecule has 0 saturated carbocycles. The van der Waals surface area contributed by atoms with Crippen LogP contribution < -0.4 is 0 Å². The molecule has 2 nitrogen and oxygen atoms in total. The summed E-state index contributed by atoms with van der Waals surface area (Å²) < 4.78 is 12.5. The van der Waals surface area contributed by atoms with Crippen LogP contribution in [0, 0.1) is 0 Å². The van der Waals surface area contributed by atoms with Crippen molar-refractivity contribution in [3.63, 3.8) is 0 Å². The van der Waals surface area contributed by atoms with Gasteiger partial charge in [0, 0.05) is 13.2 Å². The number of unbranched alkanes of at least 4 members (excludes halogenated alkanes) is 26. The number of ether oxygens (including phenoxy) is 2. The van der Waals surface area contributed by atoms with Crippen molar-refractivity contribution in [2.75, 3.05) is 13.2 Å². The minimum absolute atomic E-state index is 0.0386. The van der Waals surface area contributed by atoms with Crippen LogP contribution in [0.1, 0.15) is 213 Å². The van der Waals surface area contributed by atoms with Crippen LogP contribution in [0.5, 0.6) is 0 Å². The van der Waals surface area contributed by atoms with Crippen LogP contribution in [0.2, 0.25) is 0 Å². The summed E-state index contributed by atoms with van der Waals surface area (Å²) in [5, 5.41) is 0. The van der Waals surface area contributed by atoms with Gasteiger partial charge in [-0.3, -0.25) is 0 Å². The number of hydrogen-bond acceptors (Lipinski definition) is 2. The standard InChI is InChI=1S/C36H74O2/c1-4-7-10-13-16-19-21-22-24-27-30-33-36(37-34-31-28-25-18-15-12-9-6-3)38-35-32-29-26-23-20-17-14-11-8-5-2/h36H,4-35H2,1-3H3. The zero-order chi connectivity index (χ0) is 27.6. The molecule has 0 aromatic rings. The Bertz CT molecular complexity index is 371. The number of hydrogen-bond donors (Lipinski definition) is 0. The highest BCUT2D eigenvalue weighted by atomic mass is 16.7. The Balaban J connectivity index is 3.86. The fourth-order valence-corrected chi connectivity index (χ4v) is 5.44. The normalized spacial score (nSPS) is 12.4. The van der Waals surface area contributed by atoms with Crippen LogP contribution in [0.25, 0.3) is 0 Å². The van der Waals surface area contributed by atoms with Crippen molar-refractivity contribution < 1.29 is 9.47 Å². The lowest BCUT2D eigenvalue weighted by Gasteiger charge is -2.19. The van der Waals surface area contributed by atoms with Gasteiger partial charge in [0.2, 0.25) is 0 Å². The van der Waals surface area contributed by atoms with E-state index in [1.807, 2.05) is 0 Å². The molecule has 0 aliphatic heterocycles. The Morgan fingerprint density at radius 2 is 0.526 bits per heavy atom. The minimum atomic E-state index is 0.0386. The molecule has 0 rings (SSSR count). The molecule has 0 aliphatic carbocycles. The molecule has 0 spiro atoms. The fraction of sp³-hybridized carbons (Fsp3) is 1.00. The first kappa shape index (κ1) is 37.9. The zero-order valence-electron chi connectivity index (χ0n) is 27.0. The first-order chi connectivity index (χ1) is 18.8. The maximum Gasteiger partial charge on any atom is 0.157 e. The zero-order valence-corrected chi connectivity index (χ0v) is 27.0. The molecule has 38 heavy (non-hydrogen) atoms. The summed E-state index contributed by atoms with van der Waals surface area (Å²) in [6.07, 6.45) is 41.2. The first-order valence-corrected chi connectivity index (χ1v) is 18.1. The molecule has 0 aromatic carbocycles. The smallest absolute Gasteiger partial charge is 0.157 e. The van der Waals surface area contributed by atoms with E-state index in [1.54, 1.807) is 0 Å². The Morgan fingerprint density at radius 3 is 0.816 bits per heavy atom. The molecular weight excluding hydrogens is 464 g/mol. The maximum absolute atomic E-state index is 6.26. The SMILES string of the molecule is CCCCCCCCCCCCCC(OCCCCCCCCCC)OCCCCCCCCCCCC. The van der Waals surface area contributed by atoms with Gasteiger partial charge >= 0.3 is 0 Å². The summed E-state index contributed by atoms with van der Waals surface area (Å²) in [5.74, 6) is 0. The summed E-state index contributed by atoms with van der Waals surface area (Å²) in [7, 11) is 0. The fourth-order valence-electron chi connectivity index (χ4n) is 5.44. The molecule has 0 bridgehead atoms. The molecule has 2 heteroatoms. The molecule has 0 heterocycles. The number of rotatable bonds is 34. The summed E-state index contributed by atoms with van der Waals surface area (Å²) in [6, 6.07) is 0. The molecule has 0 amide bonds. The largest absolute Gasteiger partial charge is 0.353 e. The van der Waals surface area contributed by atoms with E-state index in [2.05, 4.69) is 20.8 Å². The van der Waals surface area contributed by atoms with Crippen molar-refractivity contribution in [3.8, 4) is 0 Å². The van der Waals surface area contributed by atoms with Gasteiger partial charge in [-0.25, -0.2) is 0 Å². The van der Waals surface area contributed by atoms with E-state index in [0.29, 0.717) is 0 Å².